The van der Waals surface area contributed by atoms with Gasteiger partial charge in [0.15, 0.2) is 0 Å². The third kappa shape index (κ3) is 8.13. The van der Waals surface area contributed by atoms with Gasteiger partial charge < -0.3 is 36.6 Å². The highest BCUT2D eigenvalue weighted by atomic mass is 16.4. The molecule has 0 aliphatic carbocycles. The summed E-state index contributed by atoms with van der Waals surface area (Å²) < 4.78 is 0. The third-order valence-electron chi connectivity index (χ3n) is 4.96. The number of aliphatic hydroxyl groups is 1. The van der Waals surface area contributed by atoms with E-state index in [0.717, 1.165) is 0 Å². The predicted octanol–water partition coefficient (Wildman–Crippen LogP) is -1.74. The molecule has 4 atom stereocenters. The maximum Gasteiger partial charge on any atom is 0.326 e. The van der Waals surface area contributed by atoms with E-state index in [0.29, 0.717) is 12.8 Å². The Bertz CT molecular complexity index is 684. The summed E-state index contributed by atoms with van der Waals surface area (Å²) in [5.41, 5.74) is 5.80. The molecular weight excluding hydrogens is 412 g/mol. The van der Waals surface area contributed by atoms with E-state index in [-0.39, 0.29) is 25.3 Å². The second kappa shape index (κ2) is 12.2. The maximum atomic E-state index is 12.8. The second-order valence-corrected chi connectivity index (χ2v) is 8.00. The van der Waals surface area contributed by atoms with Crippen molar-refractivity contribution < 1.29 is 39.3 Å². The maximum absolute atomic E-state index is 12.8. The summed E-state index contributed by atoms with van der Waals surface area (Å²) in [7, 11) is 0. The fraction of sp³-hybridized carbons (Fsp3) is 0.737. The largest absolute Gasteiger partial charge is 0.481 e. The van der Waals surface area contributed by atoms with E-state index in [1.54, 1.807) is 0 Å². The number of rotatable bonds is 12. The Morgan fingerprint density at radius 2 is 1.74 bits per heavy atom. The zero-order valence-electron chi connectivity index (χ0n) is 17.7. The Kier molecular flexibility index (Phi) is 10.4. The van der Waals surface area contributed by atoms with Crippen LogP contribution < -0.4 is 16.4 Å². The molecule has 1 aliphatic rings. The molecule has 1 fully saturated rings. The van der Waals surface area contributed by atoms with E-state index in [4.69, 9.17) is 10.8 Å². The number of hydrogen-bond acceptors (Lipinski definition) is 7. The lowest BCUT2D eigenvalue weighted by molar-refractivity contribution is -0.145. The highest BCUT2D eigenvalue weighted by molar-refractivity contribution is 5.94. The molecule has 4 unspecified atom stereocenters. The van der Waals surface area contributed by atoms with Crippen molar-refractivity contribution in [1.29, 1.82) is 0 Å². The fourth-order valence-corrected chi connectivity index (χ4v) is 3.38. The van der Waals surface area contributed by atoms with Crippen molar-refractivity contribution in [3.8, 4) is 0 Å². The molecule has 1 heterocycles. The normalized spacial score (nSPS) is 18.9. The van der Waals surface area contributed by atoms with Gasteiger partial charge in [-0.1, -0.05) is 13.8 Å². The highest BCUT2D eigenvalue weighted by Gasteiger charge is 2.39. The van der Waals surface area contributed by atoms with Crippen LogP contribution in [-0.4, -0.2) is 87.2 Å². The monoisotopic (exact) mass is 444 g/mol. The number of amides is 3. The SMILES string of the molecule is CC(C)CC(N)C(=O)NC(CO)C(=O)N1CCCC1C(=O)NC(CCC(=O)O)C(=O)O. The molecule has 0 radical (unpaired) electrons. The quantitative estimate of drug-likeness (QED) is 0.202. The van der Waals surface area contributed by atoms with E-state index >= 15 is 0 Å². The average Bonchev–Trinajstić information content (AvgIpc) is 3.17. The van der Waals surface area contributed by atoms with Gasteiger partial charge in [-0.15, -0.1) is 0 Å². The highest BCUT2D eigenvalue weighted by Crippen LogP contribution is 2.19. The first kappa shape index (κ1) is 26.3. The minimum atomic E-state index is -1.41. The third-order valence-corrected chi connectivity index (χ3v) is 4.96. The van der Waals surface area contributed by atoms with Crippen molar-refractivity contribution >= 4 is 29.7 Å². The van der Waals surface area contributed by atoms with E-state index in [2.05, 4.69) is 10.6 Å². The van der Waals surface area contributed by atoms with Gasteiger partial charge in [-0.25, -0.2) is 4.79 Å². The molecule has 1 aliphatic heterocycles. The number of hydrogen-bond donors (Lipinski definition) is 6. The van der Waals surface area contributed by atoms with Crippen LogP contribution in [0.25, 0.3) is 0 Å². The molecule has 0 spiro atoms. The van der Waals surface area contributed by atoms with E-state index < -0.39 is 66.9 Å². The molecule has 0 aromatic rings. The molecule has 31 heavy (non-hydrogen) atoms. The summed E-state index contributed by atoms with van der Waals surface area (Å²) in [6, 6.07) is -4.55. The van der Waals surface area contributed by atoms with Gasteiger partial charge in [0.05, 0.1) is 12.6 Å². The number of nitrogens with one attached hydrogen (secondary N) is 2. The Morgan fingerprint density at radius 1 is 1.10 bits per heavy atom. The molecule has 1 rings (SSSR count). The smallest absolute Gasteiger partial charge is 0.326 e. The summed E-state index contributed by atoms with van der Waals surface area (Å²) in [5, 5.41) is 32.2. The topological polar surface area (TPSA) is 199 Å². The Labute approximate surface area is 180 Å². The number of carboxylic acid groups (broad SMARTS) is 2. The van der Waals surface area contributed by atoms with Crippen LogP contribution in [0.3, 0.4) is 0 Å². The van der Waals surface area contributed by atoms with Gasteiger partial charge in [0, 0.05) is 13.0 Å². The summed E-state index contributed by atoms with van der Waals surface area (Å²) in [6.07, 6.45) is 0.372. The lowest BCUT2D eigenvalue weighted by atomic mass is 10.0. The summed E-state index contributed by atoms with van der Waals surface area (Å²) >= 11 is 0. The number of aliphatic hydroxyl groups excluding tert-OH is 1. The first-order valence-corrected chi connectivity index (χ1v) is 10.2. The van der Waals surface area contributed by atoms with Crippen molar-refractivity contribution in [2.24, 2.45) is 11.7 Å². The molecule has 0 aromatic heterocycles. The number of carboxylic acids is 2. The van der Waals surface area contributed by atoms with Crippen molar-refractivity contribution in [3.05, 3.63) is 0 Å². The Morgan fingerprint density at radius 3 is 2.26 bits per heavy atom. The van der Waals surface area contributed by atoms with Crippen LogP contribution in [-0.2, 0) is 24.0 Å². The van der Waals surface area contributed by atoms with Crippen LogP contribution in [0.15, 0.2) is 0 Å². The standard InChI is InChI=1S/C19H32N4O8/c1-10(2)8-11(20)16(27)22-13(9-24)18(29)23-7-3-4-14(23)17(28)21-12(19(30)31)5-6-15(25)26/h10-14,24H,3-9,20H2,1-2H3,(H,21,28)(H,22,27)(H,25,26)(H,30,31). The van der Waals surface area contributed by atoms with Gasteiger partial charge in [-0.2, -0.15) is 0 Å². The number of likely N-dealkylation sites (tertiary alicyclic amines) is 1. The van der Waals surface area contributed by atoms with Gasteiger partial charge in [0.2, 0.25) is 17.7 Å². The van der Waals surface area contributed by atoms with E-state index in [1.807, 2.05) is 13.8 Å². The number of nitrogens with zero attached hydrogens (tertiary/aromatic N) is 1. The first-order chi connectivity index (χ1) is 14.5. The number of carbonyl (C=O) groups excluding carboxylic acids is 3. The van der Waals surface area contributed by atoms with Crippen LogP contribution in [0.2, 0.25) is 0 Å². The first-order valence-electron chi connectivity index (χ1n) is 10.2. The Hall–Kier alpha value is -2.73. The molecule has 12 heteroatoms. The van der Waals surface area contributed by atoms with Crippen LogP contribution in [0.5, 0.6) is 0 Å². The van der Waals surface area contributed by atoms with Crippen LogP contribution in [0.1, 0.15) is 46.0 Å². The fourth-order valence-electron chi connectivity index (χ4n) is 3.38. The van der Waals surface area contributed by atoms with Gasteiger partial charge in [-0.3, -0.25) is 19.2 Å². The van der Waals surface area contributed by atoms with E-state index in [1.165, 1.54) is 4.90 Å². The number of carbonyl (C=O) groups is 5. The zero-order valence-corrected chi connectivity index (χ0v) is 17.7. The molecule has 7 N–H and O–H groups in total. The molecule has 0 saturated carbocycles. The lowest BCUT2D eigenvalue weighted by Crippen LogP contribution is -2.57. The molecule has 1 saturated heterocycles. The van der Waals surface area contributed by atoms with Crippen LogP contribution in [0, 0.1) is 5.92 Å². The number of nitrogens with two attached hydrogens (primary N) is 1. The summed E-state index contributed by atoms with van der Waals surface area (Å²) in [6.45, 7) is 3.26. The van der Waals surface area contributed by atoms with Gasteiger partial charge in [0.25, 0.3) is 0 Å². The molecule has 3 amide bonds. The van der Waals surface area contributed by atoms with Crippen LogP contribution >= 0.6 is 0 Å². The van der Waals surface area contributed by atoms with Gasteiger partial charge >= 0.3 is 11.9 Å². The zero-order chi connectivity index (χ0) is 23.7. The van der Waals surface area contributed by atoms with Gasteiger partial charge in [-0.05, 0) is 31.6 Å². The van der Waals surface area contributed by atoms with Crippen molar-refractivity contribution in [3.63, 3.8) is 0 Å². The summed E-state index contributed by atoms with van der Waals surface area (Å²) in [4.78, 5) is 60.8. The van der Waals surface area contributed by atoms with E-state index in [9.17, 15) is 34.2 Å². The molecule has 0 bridgehead atoms. The molecule has 0 aromatic carbocycles. The van der Waals surface area contributed by atoms with Gasteiger partial charge in [0.1, 0.15) is 18.1 Å². The van der Waals surface area contributed by atoms with Crippen molar-refractivity contribution in [1.82, 2.24) is 15.5 Å². The second-order valence-electron chi connectivity index (χ2n) is 8.00. The van der Waals surface area contributed by atoms with Crippen molar-refractivity contribution in [2.45, 2.75) is 70.1 Å². The molecule has 176 valence electrons. The minimum absolute atomic E-state index is 0.152. The summed E-state index contributed by atoms with van der Waals surface area (Å²) in [5.74, 6) is -4.44. The van der Waals surface area contributed by atoms with Crippen LogP contribution in [0.4, 0.5) is 0 Å². The molecular formula is C19H32N4O8. The Balaban J connectivity index is 2.81. The number of aliphatic carboxylic acids is 2. The van der Waals surface area contributed by atoms with Crippen molar-refractivity contribution in [2.75, 3.05) is 13.2 Å². The lowest BCUT2D eigenvalue weighted by Gasteiger charge is -2.29. The minimum Gasteiger partial charge on any atom is -0.481 e. The average molecular weight is 444 g/mol. The molecule has 12 nitrogen and oxygen atoms in total. The predicted molar refractivity (Wildman–Crippen MR) is 108 cm³/mol.